The number of thiophene rings is 1. The van der Waals surface area contributed by atoms with Crippen molar-refractivity contribution in [3.63, 3.8) is 0 Å². The fourth-order valence-electron chi connectivity index (χ4n) is 1.59. The van der Waals surface area contributed by atoms with E-state index in [1.807, 2.05) is 0 Å². The summed E-state index contributed by atoms with van der Waals surface area (Å²) in [5.74, 6) is -0.863. The largest absolute Gasteiger partial charge is 0.465 e. The minimum Gasteiger partial charge on any atom is -0.465 e. The first-order valence-electron chi connectivity index (χ1n) is 5.55. The molecular weight excluding hydrogens is 344 g/mol. The van der Waals surface area contributed by atoms with Crippen molar-refractivity contribution in [2.24, 2.45) is 0 Å². The molecule has 0 fully saturated rings. The summed E-state index contributed by atoms with van der Waals surface area (Å²) in [4.78, 5) is 24.0. The Bertz CT molecular complexity index is 669. The summed E-state index contributed by atoms with van der Waals surface area (Å²) >= 11 is 4.47. The quantitative estimate of drug-likeness (QED) is 0.655. The number of rotatable bonds is 3. The zero-order chi connectivity index (χ0) is 14.7. The highest BCUT2D eigenvalue weighted by molar-refractivity contribution is 9.10. The van der Waals surface area contributed by atoms with Crippen LogP contribution >= 0.6 is 27.3 Å². The minimum absolute atomic E-state index is 0.343. The summed E-state index contributed by atoms with van der Waals surface area (Å²) in [5, 5.41) is 4.36. The van der Waals surface area contributed by atoms with Crippen LogP contribution in [-0.4, -0.2) is 19.0 Å². The number of esters is 1. The molecule has 0 aliphatic carbocycles. The van der Waals surface area contributed by atoms with Gasteiger partial charge in [-0.1, -0.05) is 15.9 Å². The molecule has 0 aliphatic heterocycles. The third kappa shape index (κ3) is 3.00. The van der Waals surface area contributed by atoms with Gasteiger partial charge in [0.1, 0.15) is 4.88 Å². The van der Waals surface area contributed by atoms with Gasteiger partial charge in [0, 0.05) is 10.2 Å². The van der Waals surface area contributed by atoms with Gasteiger partial charge in [-0.2, -0.15) is 0 Å². The molecule has 1 aromatic carbocycles. The molecule has 0 aliphatic rings. The van der Waals surface area contributed by atoms with Crippen LogP contribution in [0, 0.1) is 0 Å². The first-order chi connectivity index (χ1) is 9.52. The number of amides is 1. The first-order valence-corrected chi connectivity index (χ1v) is 7.22. The fourth-order valence-corrected chi connectivity index (χ4v) is 2.73. The van der Waals surface area contributed by atoms with Crippen LogP contribution in [0.2, 0.25) is 0 Å². The Morgan fingerprint density at radius 1 is 1.35 bits per heavy atom. The lowest BCUT2D eigenvalue weighted by Crippen LogP contribution is -2.15. The van der Waals surface area contributed by atoms with E-state index >= 15 is 0 Å². The molecule has 3 N–H and O–H groups in total. The molecule has 0 bridgehead atoms. The number of carbonyl (C=O) groups excluding carboxylic acids is 2. The molecule has 2 aromatic rings. The lowest BCUT2D eigenvalue weighted by molar-refractivity contribution is 0.0607. The Labute approximate surface area is 127 Å². The second kappa shape index (κ2) is 6.06. The number of nitrogens with two attached hydrogens (primary N) is 1. The zero-order valence-electron chi connectivity index (χ0n) is 10.5. The summed E-state index contributed by atoms with van der Waals surface area (Å²) < 4.78 is 5.44. The van der Waals surface area contributed by atoms with Crippen molar-refractivity contribution in [1.29, 1.82) is 0 Å². The highest BCUT2D eigenvalue weighted by atomic mass is 79.9. The molecule has 1 amide bonds. The maximum absolute atomic E-state index is 12.2. The number of ether oxygens (including phenoxy) is 1. The van der Waals surface area contributed by atoms with Gasteiger partial charge >= 0.3 is 5.97 Å². The molecule has 5 nitrogen and oxygen atoms in total. The van der Waals surface area contributed by atoms with Gasteiger partial charge in [-0.25, -0.2) is 4.79 Å². The number of hydrogen-bond acceptors (Lipinski definition) is 5. The number of anilines is 2. The van der Waals surface area contributed by atoms with Gasteiger partial charge in [-0.05, 0) is 29.6 Å². The van der Waals surface area contributed by atoms with Crippen LogP contribution in [0.15, 0.2) is 34.1 Å². The molecule has 0 saturated carbocycles. The van der Waals surface area contributed by atoms with E-state index in [2.05, 4.69) is 26.0 Å². The van der Waals surface area contributed by atoms with Gasteiger partial charge in [0.15, 0.2) is 0 Å². The van der Waals surface area contributed by atoms with Crippen molar-refractivity contribution in [1.82, 2.24) is 0 Å². The second-order valence-electron chi connectivity index (χ2n) is 3.84. The van der Waals surface area contributed by atoms with Crippen molar-refractivity contribution < 1.29 is 14.3 Å². The lowest BCUT2D eigenvalue weighted by Gasteiger charge is -2.08. The van der Waals surface area contributed by atoms with Gasteiger partial charge < -0.3 is 15.8 Å². The summed E-state index contributed by atoms with van der Waals surface area (Å²) in [7, 11) is 1.29. The van der Waals surface area contributed by atoms with Crippen LogP contribution in [0.5, 0.6) is 0 Å². The summed E-state index contributed by atoms with van der Waals surface area (Å²) in [6.45, 7) is 0. The van der Waals surface area contributed by atoms with E-state index in [-0.39, 0.29) is 5.91 Å². The fraction of sp³-hybridized carbons (Fsp3) is 0.0769. The van der Waals surface area contributed by atoms with E-state index < -0.39 is 5.97 Å². The van der Waals surface area contributed by atoms with Crippen LogP contribution in [-0.2, 0) is 4.74 Å². The van der Waals surface area contributed by atoms with E-state index in [4.69, 9.17) is 5.73 Å². The Hall–Kier alpha value is -1.86. The van der Waals surface area contributed by atoms with Gasteiger partial charge in [0.2, 0.25) is 0 Å². The average Bonchev–Trinajstić information content (AvgIpc) is 2.85. The lowest BCUT2D eigenvalue weighted by atomic mass is 10.1. The molecule has 0 unspecified atom stereocenters. The smallest absolute Gasteiger partial charge is 0.350 e. The van der Waals surface area contributed by atoms with Crippen LogP contribution in [0.25, 0.3) is 0 Å². The van der Waals surface area contributed by atoms with Crippen molar-refractivity contribution in [2.45, 2.75) is 0 Å². The second-order valence-corrected chi connectivity index (χ2v) is 5.67. The zero-order valence-corrected chi connectivity index (χ0v) is 12.9. The molecule has 1 heterocycles. The van der Waals surface area contributed by atoms with Crippen molar-refractivity contribution in [2.75, 3.05) is 18.2 Å². The monoisotopic (exact) mass is 354 g/mol. The van der Waals surface area contributed by atoms with Crippen LogP contribution in [0.3, 0.4) is 0 Å². The predicted octanol–water partition coefficient (Wildman–Crippen LogP) is 3.13. The Kier molecular flexibility index (Phi) is 4.41. The number of carbonyl (C=O) groups is 2. The van der Waals surface area contributed by atoms with E-state index in [0.29, 0.717) is 21.8 Å². The van der Waals surface area contributed by atoms with Crippen molar-refractivity contribution in [3.8, 4) is 0 Å². The maximum Gasteiger partial charge on any atom is 0.350 e. The molecule has 2 rings (SSSR count). The number of nitrogens with one attached hydrogen (secondary N) is 1. The topological polar surface area (TPSA) is 81.4 Å². The van der Waals surface area contributed by atoms with Crippen molar-refractivity contribution >= 4 is 50.5 Å². The predicted molar refractivity (Wildman–Crippen MR) is 82.2 cm³/mol. The summed E-state index contributed by atoms with van der Waals surface area (Å²) in [6, 6.07) is 6.62. The average molecular weight is 355 g/mol. The number of methoxy groups -OCH3 is 1. The number of halogens is 1. The van der Waals surface area contributed by atoms with Gasteiger partial charge in [-0.3, -0.25) is 4.79 Å². The summed E-state index contributed by atoms with van der Waals surface area (Å²) in [6.07, 6.45) is 0. The Morgan fingerprint density at radius 3 is 2.75 bits per heavy atom. The van der Waals surface area contributed by atoms with Crippen LogP contribution < -0.4 is 11.1 Å². The normalized spacial score (nSPS) is 10.1. The maximum atomic E-state index is 12.2. The summed E-state index contributed by atoms with van der Waals surface area (Å²) in [5.41, 5.74) is 6.90. The third-order valence-corrected chi connectivity index (χ3v) is 3.93. The molecule has 1 aromatic heterocycles. The van der Waals surface area contributed by atoms with E-state index in [1.165, 1.54) is 18.4 Å². The molecule has 0 radical (unpaired) electrons. The third-order valence-electron chi connectivity index (χ3n) is 2.54. The van der Waals surface area contributed by atoms with Crippen molar-refractivity contribution in [3.05, 3.63) is 44.6 Å². The standard InChI is InChI=1S/C13H11BrN2O3S/c1-19-13(18)11-10(4-5-20-11)16-12(17)8-3-2-7(14)6-9(8)15/h2-6H,15H2,1H3,(H,16,17). The molecule has 0 spiro atoms. The van der Waals surface area contributed by atoms with Crippen LogP contribution in [0.4, 0.5) is 11.4 Å². The minimum atomic E-state index is -0.487. The Morgan fingerprint density at radius 2 is 2.10 bits per heavy atom. The van der Waals surface area contributed by atoms with E-state index in [9.17, 15) is 9.59 Å². The van der Waals surface area contributed by atoms with Crippen LogP contribution in [0.1, 0.15) is 20.0 Å². The van der Waals surface area contributed by atoms with Gasteiger partial charge in [-0.15, -0.1) is 11.3 Å². The van der Waals surface area contributed by atoms with E-state index in [0.717, 1.165) is 4.47 Å². The SMILES string of the molecule is COC(=O)c1sccc1NC(=O)c1ccc(Br)cc1N. The molecule has 7 heteroatoms. The van der Waals surface area contributed by atoms with Gasteiger partial charge in [0.05, 0.1) is 18.4 Å². The highest BCUT2D eigenvalue weighted by Crippen LogP contribution is 2.25. The molecular formula is C13H11BrN2O3S. The highest BCUT2D eigenvalue weighted by Gasteiger charge is 2.17. The molecule has 20 heavy (non-hydrogen) atoms. The molecule has 0 saturated heterocycles. The Balaban J connectivity index is 2.24. The first kappa shape index (κ1) is 14.5. The molecule has 0 atom stereocenters. The number of nitrogen functional groups attached to an aromatic ring is 1. The molecule has 104 valence electrons. The number of benzene rings is 1. The van der Waals surface area contributed by atoms with Gasteiger partial charge in [0.25, 0.3) is 5.91 Å². The number of hydrogen-bond donors (Lipinski definition) is 2. The van der Waals surface area contributed by atoms with E-state index in [1.54, 1.807) is 29.6 Å².